The predicted molar refractivity (Wildman–Crippen MR) is 74.6 cm³/mol. The van der Waals surface area contributed by atoms with Gasteiger partial charge in [0.25, 0.3) is 0 Å². The third-order valence-electron chi connectivity index (χ3n) is 3.70. The highest BCUT2D eigenvalue weighted by Crippen LogP contribution is 2.31. The molecule has 2 rings (SSSR count). The summed E-state index contributed by atoms with van der Waals surface area (Å²) in [7, 11) is 0. The predicted octanol–water partition coefficient (Wildman–Crippen LogP) is 2.67. The van der Waals surface area contributed by atoms with E-state index in [4.69, 9.17) is 5.73 Å². The first kappa shape index (κ1) is 13.3. The summed E-state index contributed by atoms with van der Waals surface area (Å²) in [5.41, 5.74) is 6.69. The fraction of sp³-hybridized carbons (Fsp3) is 0.714. The van der Waals surface area contributed by atoms with Crippen molar-refractivity contribution in [2.24, 2.45) is 5.73 Å². The van der Waals surface area contributed by atoms with E-state index in [0.29, 0.717) is 18.5 Å². The van der Waals surface area contributed by atoms with Gasteiger partial charge in [-0.15, -0.1) is 5.10 Å². The van der Waals surface area contributed by atoms with Crippen LogP contribution in [0.4, 0.5) is 5.82 Å². The lowest BCUT2D eigenvalue weighted by atomic mass is 9.87. The number of nitrogens with one attached hydrogen (secondary N) is 1. The largest absolute Gasteiger partial charge is 0.366 e. The van der Waals surface area contributed by atoms with Crippen molar-refractivity contribution in [2.45, 2.75) is 57.4 Å². The minimum atomic E-state index is 0.352. The minimum Gasteiger partial charge on any atom is -0.366 e. The van der Waals surface area contributed by atoms with Gasteiger partial charge in [0.1, 0.15) is 5.82 Å². The molecule has 0 aliphatic heterocycles. The number of anilines is 1. The highest BCUT2D eigenvalue weighted by Gasteiger charge is 2.17. The van der Waals surface area contributed by atoms with Gasteiger partial charge in [0, 0.05) is 12.0 Å². The first-order chi connectivity index (χ1) is 8.79. The summed E-state index contributed by atoms with van der Waals surface area (Å²) in [5, 5.41) is 12.0. The van der Waals surface area contributed by atoms with Crippen LogP contribution in [0.1, 0.15) is 57.1 Å². The zero-order chi connectivity index (χ0) is 12.8. The van der Waals surface area contributed by atoms with Crippen LogP contribution in [-0.2, 0) is 0 Å². The molecule has 1 saturated carbocycles. The van der Waals surface area contributed by atoms with Crippen molar-refractivity contribution in [1.29, 1.82) is 0 Å². The molecule has 1 aromatic heterocycles. The summed E-state index contributed by atoms with van der Waals surface area (Å²) < 4.78 is 0. The molecule has 0 radical (unpaired) electrons. The molecule has 1 aliphatic rings. The molecule has 18 heavy (non-hydrogen) atoms. The van der Waals surface area contributed by atoms with Crippen molar-refractivity contribution >= 4 is 5.82 Å². The molecule has 0 amide bonds. The molecule has 0 saturated heterocycles. The molecule has 0 spiro atoms. The van der Waals surface area contributed by atoms with Crippen LogP contribution in [0.15, 0.2) is 12.1 Å². The number of nitrogens with two attached hydrogens (primary N) is 1. The first-order valence-electron chi connectivity index (χ1n) is 7.10. The molecular weight excluding hydrogens is 224 g/mol. The second-order valence-corrected chi connectivity index (χ2v) is 5.30. The highest BCUT2D eigenvalue weighted by molar-refractivity contribution is 5.34. The molecule has 1 unspecified atom stereocenters. The summed E-state index contributed by atoms with van der Waals surface area (Å²) >= 11 is 0. The summed E-state index contributed by atoms with van der Waals surface area (Å²) in [6.07, 6.45) is 7.53. The van der Waals surface area contributed by atoms with E-state index < -0.39 is 0 Å². The Balaban J connectivity index is 1.92. The van der Waals surface area contributed by atoms with Crippen LogP contribution in [0.2, 0.25) is 0 Å². The van der Waals surface area contributed by atoms with E-state index in [9.17, 15) is 0 Å². The standard InChI is InChI=1S/C14H24N4/c1-11(9-10-15)16-14-8-7-13(17-18-14)12-5-3-2-4-6-12/h7-8,11-12H,2-6,9-10,15H2,1H3,(H,16,18). The molecule has 4 heteroatoms. The monoisotopic (exact) mass is 248 g/mol. The van der Waals surface area contributed by atoms with Crippen molar-refractivity contribution in [2.75, 3.05) is 11.9 Å². The second kappa shape index (κ2) is 6.69. The molecule has 4 nitrogen and oxygen atoms in total. The third-order valence-corrected chi connectivity index (χ3v) is 3.70. The van der Waals surface area contributed by atoms with Crippen molar-refractivity contribution in [3.63, 3.8) is 0 Å². The number of rotatable bonds is 5. The smallest absolute Gasteiger partial charge is 0.148 e. The average molecular weight is 248 g/mol. The van der Waals surface area contributed by atoms with Gasteiger partial charge in [-0.2, -0.15) is 5.10 Å². The van der Waals surface area contributed by atoms with Gasteiger partial charge in [-0.05, 0) is 44.9 Å². The summed E-state index contributed by atoms with van der Waals surface area (Å²) in [6.45, 7) is 2.81. The summed E-state index contributed by atoms with van der Waals surface area (Å²) in [4.78, 5) is 0. The van der Waals surface area contributed by atoms with Crippen molar-refractivity contribution in [3.8, 4) is 0 Å². The lowest BCUT2D eigenvalue weighted by Gasteiger charge is -2.20. The Hall–Kier alpha value is -1.16. The molecule has 1 aromatic rings. The van der Waals surface area contributed by atoms with Gasteiger partial charge in [0.2, 0.25) is 0 Å². The molecule has 100 valence electrons. The van der Waals surface area contributed by atoms with Crippen molar-refractivity contribution < 1.29 is 0 Å². The van der Waals surface area contributed by atoms with Crippen LogP contribution in [0.5, 0.6) is 0 Å². The SMILES string of the molecule is CC(CCN)Nc1ccc(C2CCCCC2)nn1. The fourth-order valence-electron chi connectivity index (χ4n) is 2.61. The second-order valence-electron chi connectivity index (χ2n) is 5.30. The lowest BCUT2D eigenvalue weighted by molar-refractivity contribution is 0.434. The minimum absolute atomic E-state index is 0.352. The molecular formula is C14H24N4. The Morgan fingerprint density at radius 3 is 2.67 bits per heavy atom. The zero-order valence-electron chi connectivity index (χ0n) is 11.2. The number of hydrogen-bond acceptors (Lipinski definition) is 4. The molecule has 1 heterocycles. The number of aromatic nitrogens is 2. The summed E-state index contributed by atoms with van der Waals surface area (Å²) in [6, 6.07) is 4.52. The number of hydrogen-bond donors (Lipinski definition) is 2. The van der Waals surface area contributed by atoms with Crippen LogP contribution in [-0.4, -0.2) is 22.8 Å². The van der Waals surface area contributed by atoms with Gasteiger partial charge in [0.05, 0.1) is 5.69 Å². The Morgan fingerprint density at radius 2 is 2.06 bits per heavy atom. The van der Waals surface area contributed by atoms with E-state index in [-0.39, 0.29) is 0 Å². The quantitative estimate of drug-likeness (QED) is 0.841. The first-order valence-corrected chi connectivity index (χ1v) is 7.10. The van der Waals surface area contributed by atoms with Gasteiger partial charge in [0.15, 0.2) is 0 Å². The van der Waals surface area contributed by atoms with Crippen LogP contribution in [0.25, 0.3) is 0 Å². The van der Waals surface area contributed by atoms with E-state index in [0.717, 1.165) is 17.9 Å². The van der Waals surface area contributed by atoms with Crippen LogP contribution < -0.4 is 11.1 Å². The molecule has 1 atom stereocenters. The van der Waals surface area contributed by atoms with Crippen molar-refractivity contribution in [3.05, 3.63) is 17.8 Å². The Morgan fingerprint density at radius 1 is 1.28 bits per heavy atom. The van der Waals surface area contributed by atoms with E-state index in [1.54, 1.807) is 0 Å². The van der Waals surface area contributed by atoms with Gasteiger partial charge in [-0.1, -0.05) is 19.3 Å². The normalized spacial score (nSPS) is 18.6. The van der Waals surface area contributed by atoms with Crippen LogP contribution in [0, 0.1) is 0 Å². The summed E-state index contributed by atoms with van der Waals surface area (Å²) in [5.74, 6) is 1.48. The van der Waals surface area contributed by atoms with Crippen LogP contribution >= 0.6 is 0 Å². The Bertz CT molecular complexity index is 343. The molecule has 1 aliphatic carbocycles. The Labute approximate surface area is 109 Å². The van der Waals surface area contributed by atoms with E-state index >= 15 is 0 Å². The van der Waals surface area contributed by atoms with E-state index in [2.05, 4.69) is 28.5 Å². The molecule has 0 aromatic carbocycles. The average Bonchev–Trinajstić information content (AvgIpc) is 2.41. The van der Waals surface area contributed by atoms with Crippen LogP contribution in [0.3, 0.4) is 0 Å². The van der Waals surface area contributed by atoms with E-state index in [1.807, 2.05) is 6.07 Å². The zero-order valence-corrected chi connectivity index (χ0v) is 11.2. The maximum atomic E-state index is 5.53. The van der Waals surface area contributed by atoms with Gasteiger partial charge < -0.3 is 11.1 Å². The number of nitrogens with zero attached hydrogens (tertiary/aromatic N) is 2. The van der Waals surface area contributed by atoms with Crippen molar-refractivity contribution in [1.82, 2.24) is 10.2 Å². The van der Waals surface area contributed by atoms with Gasteiger partial charge in [-0.3, -0.25) is 0 Å². The third kappa shape index (κ3) is 3.67. The molecule has 0 bridgehead atoms. The van der Waals surface area contributed by atoms with Gasteiger partial charge >= 0.3 is 0 Å². The maximum Gasteiger partial charge on any atom is 0.148 e. The Kier molecular flexibility index (Phi) is 4.93. The molecule has 1 fully saturated rings. The van der Waals surface area contributed by atoms with Gasteiger partial charge in [-0.25, -0.2) is 0 Å². The molecule has 3 N–H and O–H groups in total. The highest BCUT2D eigenvalue weighted by atomic mass is 15.2. The topological polar surface area (TPSA) is 63.8 Å². The lowest BCUT2D eigenvalue weighted by Crippen LogP contribution is -2.20. The fourth-order valence-corrected chi connectivity index (χ4v) is 2.61. The van der Waals surface area contributed by atoms with E-state index in [1.165, 1.54) is 32.1 Å². The maximum absolute atomic E-state index is 5.53.